The number of hydrogen-bond acceptors (Lipinski definition) is 1. The van der Waals surface area contributed by atoms with Crippen LogP contribution in [0, 0.1) is 13.8 Å². The van der Waals surface area contributed by atoms with Crippen LogP contribution in [0.25, 0.3) is 0 Å². The number of hydrogen-bond donors (Lipinski definition) is 0. The van der Waals surface area contributed by atoms with Gasteiger partial charge in [0.2, 0.25) is 0 Å². The van der Waals surface area contributed by atoms with Gasteiger partial charge < -0.3 is 4.57 Å². The van der Waals surface area contributed by atoms with Gasteiger partial charge >= 0.3 is 0 Å². The maximum atomic E-state index is 11.8. The molecule has 0 aliphatic carbocycles. The Bertz CT molecular complexity index is 418. The molecule has 0 aliphatic rings. The molecule has 0 radical (unpaired) electrons. The van der Waals surface area contributed by atoms with Gasteiger partial charge in [-0.3, -0.25) is 4.79 Å². The number of aromatic nitrogens is 1. The molecule has 1 aromatic heterocycles. The van der Waals surface area contributed by atoms with Crippen LogP contribution in [-0.4, -0.2) is 4.57 Å². The van der Waals surface area contributed by atoms with Crippen LogP contribution in [0.15, 0.2) is 27.6 Å². The van der Waals surface area contributed by atoms with E-state index in [0.29, 0.717) is 6.54 Å². The van der Waals surface area contributed by atoms with Crippen molar-refractivity contribution in [2.45, 2.75) is 27.3 Å². The first-order chi connectivity index (χ1) is 6.57. The lowest BCUT2D eigenvalue weighted by Crippen LogP contribution is -2.22. The van der Waals surface area contributed by atoms with Gasteiger partial charge in [0.05, 0.1) is 0 Å². The lowest BCUT2D eigenvalue weighted by molar-refractivity contribution is 0.763. The minimum absolute atomic E-state index is 0.0869. The van der Waals surface area contributed by atoms with Crippen LogP contribution in [-0.2, 0) is 6.54 Å². The SMILES string of the molecule is C/C=C/Cn1cc(Br)c(C)c(C)c1=O. The molecule has 0 saturated heterocycles. The molecule has 2 nitrogen and oxygen atoms in total. The molecular weight excluding hydrogens is 242 g/mol. The fourth-order valence-corrected chi connectivity index (χ4v) is 1.75. The molecule has 0 saturated carbocycles. The van der Waals surface area contributed by atoms with Crippen molar-refractivity contribution < 1.29 is 0 Å². The Morgan fingerprint density at radius 3 is 2.64 bits per heavy atom. The lowest BCUT2D eigenvalue weighted by atomic mass is 10.2. The van der Waals surface area contributed by atoms with E-state index in [1.54, 1.807) is 4.57 Å². The van der Waals surface area contributed by atoms with Gasteiger partial charge in [-0.15, -0.1) is 0 Å². The molecule has 0 bridgehead atoms. The third-order valence-electron chi connectivity index (χ3n) is 2.31. The first-order valence-corrected chi connectivity index (χ1v) is 5.34. The van der Waals surface area contributed by atoms with Crippen molar-refractivity contribution in [2.75, 3.05) is 0 Å². The summed E-state index contributed by atoms with van der Waals surface area (Å²) in [5.41, 5.74) is 1.92. The van der Waals surface area contributed by atoms with Crippen molar-refractivity contribution in [2.24, 2.45) is 0 Å². The average Bonchev–Trinajstić information content (AvgIpc) is 2.18. The van der Waals surface area contributed by atoms with Crippen LogP contribution in [0.3, 0.4) is 0 Å². The highest BCUT2D eigenvalue weighted by molar-refractivity contribution is 9.10. The van der Waals surface area contributed by atoms with Gasteiger partial charge in [0.1, 0.15) is 0 Å². The largest absolute Gasteiger partial charge is 0.310 e. The van der Waals surface area contributed by atoms with E-state index >= 15 is 0 Å². The Kier molecular flexibility index (Phi) is 3.69. The molecule has 0 N–H and O–H groups in total. The maximum Gasteiger partial charge on any atom is 0.254 e. The van der Waals surface area contributed by atoms with Crippen LogP contribution in [0.2, 0.25) is 0 Å². The summed E-state index contributed by atoms with van der Waals surface area (Å²) >= 11 is 3.44. The average molecular weight is 256 g/mol. The van der Waals surface area contributed by atoms with Crippen LogP contribution < -0.4 is 5.56 Å². The quantitative estimate of drug-likeness (QED) is 0.746. The smallest absolute Gasteiger partial charge is 0.254 e. The van der Waals surface area contributed by atoms with E-state index in [9.17, 15) is 4.79 Å². The molecule has 3 heteroatoms. The molecule has 76 valence electrons. The summed E-state index contributed by atoms with van der Waals surface area (Å²) in [7, 11) is 0. The van der Waals surface area contributed by atoms with Gasteiger partial charge in [0.15, 0.2) is 0 Å². The number of allylic oxidation sites excluding steroid dienone is 2. The Morgan fingerprint density at radius 1 is 1.43 bits per heavy atom. The van der Waals surface area contributed by atoms with Crippen molar-refractivity contribution in [3.05, 3.63) is 44.3 Å². The maximum absolute atomic E-state index is 11.8. The zero-order chi connectivity index (χ0) is 10.7. The zero-order valence-corrected chi connectivity index (χ0v) is 10.3. The van der Waals surface area contributed by atoms with E-state index in [2.05, 4.69) is 15.9 Å². The number of halogens is 1. The predicted molar refractivity (Wildman–Crippen MR) is 62.7 cm³/mol. The predicted octanol–water partition coefficient (Wildman–Crippen LogP) is 2.80. The molecule has 0 amide bonds. The highest BCUT2D eigenvalue weighted by Gasteiger charge is 2.05. The standard InChI is InChI=1S/C11H14BrNO/c1-4-5-6-13-7-10(12)8(2)9(3)11(13)14/h4-5,7H,6H2,1-3H3/b5-4+. The van der Waals surface area contributed by atoms with Gasteiger partial charge in [-0.25, -0.2) is 0 Å². The fourth-order valence-electron chi connectivity index (χ4n) is 1.20. The van der Waals surface area contributed by atoms with Gasteiger partial charge in [-0.05, 0) is 42.3 Å². The van der Waals surface area contributed by atoms with E-state index in [4.69, 9.17) is 0 Å². The summed E-state index contributed by atoms with van der Waals surface area (Å²) in [6.07, 6.45) is 5.74. The number of nitrogens with zero attached hydrogens (tertiary/aromatic N) is 1. The summed E-state index contributed by atoms with van der Waals surface area (Å²) < 4.78 is 2.69. The van der Waals surface area contributed by atoms with E-state index in [1.165, 1.54) is 0 Å². The van der Waals surface area contributed by atoms with Crippen molar-refractivity contribution >= 4 is 15.9 Å². The molecule has 0 unspecified atom stereocenters. The van der Waals surface area contributed by atoms with E-state index in [0.717, 1.165) is 15.6 Å². The van der Waals surface area contributed by atoms with Crippen LogP contribution in [0.5, 0.6) is 0 Å². The highest BCUT2D eigenvalue weighted by Crippen LogP contribution is 2.15. The molecule has 1 heterocycles. The summed E-state index contributed by atoms with van der Waals surface area (Å²) in [4.78, 5) is 11.8. The monoisotopic (exact) mass is 255 g/mol. The minimum atomic E-state index is 0.0869. The summed E-state index contributed by atoms with van der Waals surface area (Å²) in [6.45, 7) is 6.38. The fraction of sp³-hybridized carbons (Fsp3) is 0.364. The Hall–Kier alpha value is -0.830. The minimum Gasteiger partial charge on any atom is -0.310 e. The first-order valence-electron chi connectivity index (χ1n) is 4.55. The second-order valence-electron chi connectivity index (χ2n) is 3.25. The molecule has 0 spiro atoms. The molecule has 14 heavy (non-hydrogen) atoms. The van der Waals surface area contributed by atoms with Crippen molar-refractivity contribution in [1.29, 1.82) is 0 Å². The third-order valence-corrected chi connectivity index (χ3v) is 3.11. The normalized spacial score (nSPS) is 11.1. The van der Waals surface area contributed by atoms with Crippen molar-refractivity contribution in [3.63, 3.8) is 0 Å². The van der Waals surface area contributed by atoms with Crippen molar-refractivity contribution in [3.8, 4) is 0 Å². The third kappa shape index (κ3) is 2.15. The molecule has 1 rings (SSSR count). The summed E-state index contributed by atoms with van der Waals surface area (Å²) in [5, 5.41) is 0. The van der Waals surface area contributed by atoms with Crippen molar-refractivity contribution in [1.82, 2.24) is 4.57 Å². The van der Waals surface area contributed by atoms with E-state index in [1.807, 2.05) is 39.1 Å². The van der Waals surface area contributed by atoms with E-state index in [-0.39, 0.29) is 5.56 Å². The van der Waals surface area contributed by atoms with Crippen LogP contribution >= 0.6 is 15.9 Å². The zero-order valence-electron chi connectivity index (χ0n) is 8.67. The molecule has 0 aliphatic heterocycles. The van der Waals surface area contributed by atoms with Gasteiger partial charge in [0.25, 0.3) is 5.56 Å². The van der Waals surface area contributed by atoms with Gasteiger partial charge in [-0.2, -0.15) is 0 Å². The van der Waals surface area contributed by atoms with Gasteiger partial charge in [-0.1, -0.05) is 12.2 Å². The first kappa shape index (κ1) is 11.2. The molecular formula is C11H14BrNO. The van der Waals surface area contributed by atoms with E-state index < -0.39 is 0 Å². The summed E-state index contributed by atoms with van der Waals surface area (Å²) in [5.74, 6) is 0. The molecule has 0 fully saturated rings. The highest BCUT2D eigenvalue weighted by atomic mass is 79.9. The molecule has 0 aromatic carbocycles. The lowest BCUT2D eigenvalue weighted by Gasteiger charge is -2.08. The second-order valence-corrected chi connectivity index (χ2v) is 4.11. The van der Waals surface area contributed by atoms with Crippen LogP contribution in [0.1, 0.15) is 18.1 Å². The number of rotatable bonds is 2. The van der Waals surface area contributed by atoms with Crippen LogP contribution in [0.4, 0.5) is 0 Å². The Morgan fingerprint density at radius 2 is 2.07 bits per heavy atom. The van der Waals surface area contributed by atoms with Gasteiger partial charge in [0, 0.05) is 22.8 Å². The molecule has 1 aromatic rings. The number of pyridine rings is 1. The molecule has 0 atom stereocenters. The topological polar surface area (TPSA) is 22.0 Å². The Labute approximate surface area is 92.4 Å². The Balaban J connectivity index is 3.26. The summed E-state index contributed by atoms with van der Waals surface area (Å²) in [6, 6.07) is 0. The second kappa shape index (κ2) is 4.60.